The lowest BCUT2D eigenvalue weighted by atomic mass is 10.2. The lowest BCUT2D eigenvalue weighted by Gasteiger charge is -1.92. The Hall–Kier alpha value is -2.36. The molecule has 1 aromatic carbocycles. The van der Waals surface area contributed by atoms with E-state index in [-0.39, 0.29) is 5.82 Å². The molecule has 82 valence electrons. The third kappa shape index (κ3) is 1.07. The number of hydrogen-bond acceptors (Lipinski definition) is 1. The second-order valence-electron chi connectivity index (χ2n) is 4.05. The van der Waals surface area contributed by atoms with E-state index in [1.807, 2.05) is 28.8 Å². The molecule has 0 aliphatic carbocycles. The van der Waals surface area contributed by atoms with Gasteiger partial charge < -0.3 is 4.98 Å². The smallest absolute Gasteiger partial charge is 0.143 e. The number of nitrogens with one attached hydrogen (secondary N) is 1. The first-order chi connectivity index (χ1) is 8.33. The number of imidazole rings is 1. The summed E-state index contributed by atoms with van der Waals surface area (Å²) in [4.78, 5) is 7.77. The molecule has 4 rings (SSSR count). The minimum atomic E-state index is -0.240. The molecule has 0 saturated carbocycles. The van der Waals surface area contributed by atoms with Gasteiger partial charge in [0.2, 0.25) is 0 Å². The van der Waals surface area contributed by atoms with E-state index < -0.39 is 0 Å². The highest BCUT2D eigenvalue weighted by Crippen LogP contribution is 2.26. The van der Waals surface area contributed by atoms with Crippen LogP contribution in [-0.4, -0.2) is 14.4 Å². The zero-order valence-electron chi connectivity index (χ0n) is 8.81. The van der Waals surface area contributed by atoms with Crippen LogP contribution in [0.5, 0.6) is 0 Å². The van der Waals surface area contributed by atoms with E-state index in [4.69, 9.17) is 0 Å². The van der Waals surface area contributed by atoms with Crippen molar-refractivity contribution < 1.29 is 4.39 Å². The monoisotopic (exact) mass is 225 g/mol. The second-order valence-corrected chi connectivity index (χ2v) is 4.05. The molecule has 0 fully saturated rings. The molecule has 1 N–H and O–H groups in total. The number of halogens is 1. The molecule has 0 radical (unpaired) electrons. The first kappa shape index (κ1) is 8.75. The van der Waals surface area contributed by atoms with Crippen molar-refractivity contribution in [1.29, 1.82) is 0 Å². The Labute approximate surface area is 95.5 Å². The van der Waals surface area contributed by atoms with E-state index in [0.29, 0.717) is 0 Å². The molecular formula is C13H8FN3. The van der Waals surface area contributed by atoms with Crippen LogP contribution in [-0.2, 0) is 0 Å². The van der Waals surface area contributed by atoms with Gasteiger partial charge in [0, 0.05) is 17.1 Å². The third-order valence-electron chi connectivity index (χ3n) is 3.02. The van der Waals surface area contributed by atoms with Gasteiger partial charge in [0.15, 0.2) is 0 Å². The molecule has 0 saturated heterocycles. The summed E-state index contributed by atoms with van der Waals surface area (Å²) in [5, 5.41) is 0.823. The number of H-pyrrole nitrogens is 1. The first-order valence-electron chi connectivity index (χ1n) is 5.37. The first-order valence-corrected chi connectivity index (χ1v) is 5.37. The Kier molecular flexibility index (Phi) is 1.47. The van der Waals surface area contributed by atoms with E-state index in [0.717, 1.165) is 27.7 Å². The van der Waals surface area contributed by atoms with Gasteiger partial charge in [-0.25, -0.2) is 9.37 Å². The highest BCUT2D eigenvalue weighted by atomic mass is 19.1. The number of hydrogen-bond donors (Lipinski definition) is 1. The summed E-state index contributed by atoms with van der Waals surface area (Å²) in [6.45, 7) is 0. The minimum absolute atomic E-state index is 0.240. The van der Waals surface area contributed by atoms with Crippen LogP contribution in [0.25, 0.3) is 27.7 Å². The lowest BCUT2D eigenvalue weighted by molar-refractivity contribution is 0.630. The summed E-state index contributed by atoms with van der Waals surface area (Å²) in [6, 6.07) is 10.5. The zero-order valence-corrected chi connectivity index (χ0v) is 8.81. The van der Waals surface area contributed by atoms with Crippen LogP contribution in [0.3, 0.4) is 0 Å². The zero-order chi connectivity index (χ0) is 11.4. The van der Waals surface area contributed by atoms with Crippen molar-refractivity contribution in [2.45, 2.75) is 0 Å². The maximum Gasteiger partial charge on any atom is 0.143 e. The molecule has 4 aromatic rings. The molecule has 3 heterocycles. The molecule has 0 amide bonds. The van der Waals surface area contributed by atoms with Gasteiger partial charge in [-0.3, -0.25) is 4.40 Å². The van der Waals surface area contributed by atoms with Gasteiger partial charge >= 0.3 is 0 Å². The Morgan fingerprint density at radius 3 is 3.06 bits per heavy atom. The van der Waals surface area contributed by atoms with Crippen molar-refractivity contribution in [3.05, 3.63) is 48.4 Å². The van der Waals surface area contributed by atoms with E-state index in [1.165, 1.54) is 12.1 Å². The van der Waals surface area contributed by atoms with Crippen molar-refractivity contribution in [3.63, 3.8) is 0 Å². The fourth-order valence-corrected chi connectivity index (χ4v) is 2.25. The summed E-state index contributed by atoms with van der Waals surface area (Å²) < 4.78 is 15.2. The maximum atomic E-state index is 13.2. The fourth-order valence-electron chi connectivity index (χ4n) is 2.25. The second kappa shape index (κ2) is 2.85. The molecule has 0 unspecified atom stereocenters. The molecule has 0 aliphatic rings. The van der Waals surface area contributed by atoms with Crippen molar-refractivity contribution in [3.8, 4) is 0 Å². The van der Waals surface area contributed by atoms with Crippen LogP contribution in [0.1, 0.15) is 0 Å². The number of rotatable bonds is 0. The maximum absolute atomic E-state index is 13.2. The van der Waals surface area contributed by atoms with Crippen LogP contribution >= 0.6 is 0 Å². The number of aromatic amines is 1. The molecule has 3 aromatic heterocycles. The molecule has 17 heavy (non-hydrogen) atoms. The summed E-state index contributed by atoms with van der Waals surface area (Å²) in [5.74, 6) is -0.240. The summed E-state index contributed by atoms with van der Waals surface area (Å²) in [7, 11) is 0. The van der Waals surface area contributed by atoms with E-state index in [9.17, 15) is 4.39 Å². The van der Waals surface area contributed by atoms with Crippen LogP contribution in [0.4, 0.5) is 4.39 Å². The number of nitrogens with zero attached hydrogens (tertiary/aromatic N) is 2. The summed E-state index contributed by atoms with van der Waals surface area (Å²) in [5.41, 5.74) is 3.48. The van der Waals surface area contributed by atoms with Crippen molar-refractivity contribution in [1.82, 2.24) is 14.4 Å². The number of benzene rings is 1. The Balaban J connectivity index is 2.30. The SMILES string of the molecule is Fc1ccc2[nH]c3c(nc4ccccn43)c2c1. The quantitative estimate of drug-likeness (QED) is 0.490. The van der Waals surface area contributed by atoms with Crippen LogP contribution in [0.2, 0.25) is 0 Å². The van der Waals surface area contributed by atoms with Crippen LogP contribution < -0.4 is 0 Å². The van der Waals surface area contributed by atoms with E-state index >= 15 is 0 Å². The number of aromatic nitrogens is 3. The van der Waals surface area contributed by atoms with Gasteiger partial charge in [-0.05, 0) is 30.3 Å². The third-order valence-corrected chi connectivity index (χ3v) is 3.02. The molecule has 4 heteroatoms. The average molecular weight is 225 g/mol. The molecule has 3 nitrogen and oxygen atoms in total. The topological polar surface area (TPSA) is 33.1 Å². The standard InChI is InChI=1S/C13H8FN3/c14-8-4-5-10-9(7-8)12-13(15-10)17-6-2-1-3-11(17)16-12/h1-7,15H. The molecule has 0 spiro atoms. The fraction of sp³-hybridized carbons (Fsp3) is 0. The van der Waals surface area contributed by atoms with Crippen molar-refractivity contribution in [2.24, 2.45) is 0 Å². The highest BCUT2D eigenvalue weighted by Gasteiger charge is 2.10. The van der Waals surface area contributed by atoms with Gasteiger partial charge in [0.1, 0.15) is 22.6 Å². The Morgan fingerprint density at radius 1 is 1.18 bits per heavy atom. The predicted molar refractivity (Wildman–Crippen MR) is 64.5 cm³/mol. The van der Waals surface area contributed by atoms with E-state index in [2.05, 4.69) is 9.97 Å². The largest absolute Gasteiger partial charge is 0.339 e. The van der Waals surface area contributed by atoms with E-state index in [1.54, 1.807) is 6.07 Å². The van der Waals surface area contributed by atoms with Gasteiger partial charge in [0.25, 0.3) is 0 Å². The van der Waals surface area contributed by atoms with Gasteiger partial charge in [-0.15, -0.1) is 0 Å². The highest BCUT2D eigenvalue weighted by molar-refractivity contribution is 6.05. The van der Waals surface area contributed by atoms with Crippen molar-refractivity contribution >= 4 is 27.7 Å². The van der Waals surface area contributed by atoms with Crippen LogP contribution in [0, 0.1) is 5.82 Å². The summed E-state index contributed by atoms with van der Waals surface area (Å²) in [6.07, 6.45) is 1.94. The normalized spacial score (nSPS) is 11.8. The van der Waals surface area contributed by atoms with Crippen LogP contribution in [0.15, 0.2) is 42.6 Å². The van der Waals surface area contributed by atoms with Gasteiger partial charge in [0.05, 0.1) is 0 Å². The minimum Gasteiger partial charge on any atom is -0.339 e. The van der Waals surface area contributed by atoms with Gasteiger partial charge in [-0.2, -0.15) is 0 Å². The Morgan fingerprint density at radius 2 is 2.12 bits per heavy atom. The van der Waals surface area contributed by atoms with Crippen molar-refractivity contribution in [2.75, 3.05) is 0 Å². The Bertz CT molecular complexity index is 857. The molecule has 0 aliphatic heterocycles. The molecule has 0 bridgehead atoms. The van der Waals surface area contributed by atoms with Gasteiger partial charge in [-0.1, -0.05) is 6.07 Å². The average Bonchev–Trinajstić information content (AvgIpc) is 2.85. The molecular weight excluding hydrogens is 217 g/mol. The number of pyridine rings is 1. The predicted octanol–water partition coefficient (Wildman–Crippen LogP) is 3.11. The number of fused-ring (bicyclic) bond motifs is 5. The molecule has 0 atom stereocenters. The summed E-state index contributed by atoms with van der Waals surface area (Å²) >= 11 is 0. The lowest BCUT2D eigenvalue weighted by Crippen LogP contribution is -1.82.